The number of imidazole rings is 1. The van der Waals surface area contributed by atoms with Crippen molar-refractivity contribution in [2.45, 2.75) is 38.8 Å². The summed E-state index contributed by atoms with van der Waals surface area (Å²) in [6, 6.07) is 4.17. The smallest absolute Gasteiger partial charge is 0.231 e. The van der Waals surface area contributed by atoms with Crippen LogP contribution in [-0.2, 0) is 13.1 Å². The van der Waals surface area contributed by atoms with E-state index in [-0.39, 0.29) is 6.79 Å². The lowest BCUT2D eigenvalue weighted by Crippen LogP contribution is -2.31. The number of hydrogen-bond donors (Lipinski definition) is 0. The standard InChI is InChI=1S/C22H29N3O3/c1-26-20-12-19(13-21-22(20)28-17-27-21)15-25(14-18-6-3-2-4-7-18)10-5-9-24-11-8-23-16-24/h2-3,8,11-13,16,18H,4-7,9-10,14-15,17H2,1H3. The van der Waals surface area contributed by atoms with Crippen LogP contribution in [-0.4, -0.2) is 41.4 Å². The van der Waals surface area contributed by atoms with Crippen molar-refractivity contribution in [3.8, 4) is 17.2 Å². The van der Waals surface area contributed by atoms with Crippen molar-refractivity contribution in [1.82, 2.24) is 14.5 Å². The van der Waals surface area contributed by atoms with Crippen molar-refractivity contribution < 1.29 is 14.2 Å². The molecule has 2 aliphatic rings. The van der Waals surface area contributed by atoms with Gasteiger partial charge >= 0.3 is 0 Å². The van der Waals surface area contributed by atoms with Crippen LogP contribution in [0, 0.1) is 5.92 Å². The molecule has 150 valence electrons. The zero-order valence-electron chi connectivity index (χ0n) is 16.5. The van der Waals surface area contributed by atoms with E-state index in [0.29, 0.717) is 0 Å². The molecule has 0 bridgehead atoms. The van der Waals surface area contributed by atoms with Gasteiger partial charge in [-0.05, 0) is 49.3 Å². The maximum Gasteiger partial charge on any atom is 0.231 e. The van der Waals surface area contributed by atoms with Gasteiger partial charge in [-0.2, -0.15) is 0 Å². The van der Waals surface area contributed by atoms with Crippen molar-refractivity contribution in [3.63, 3.8) is 0 Å². The van der Waals surface area contributed by atoms with Gasteiger partial charge in [0, 0.05) is 38.6 Å². The maximum atomic E-state index is 5.60. The van der Waals surface area contributed by atoms with Crippen LogP contribution in [0.2, 0.25) is 0 Å². The molecule has 0 amide bonds. The third kappa shape index (κ3) is 4.68. The molecule has 0 radical (unpaired) electrons. The molecule has 1 aromatic heterocycles. The summed E-state index contributed by atoms with van der Waals surface area (Å²) in [7, 11) is 1.68. The number of methoxy groups -OCH3 is 1. The molecule has 2 heterocycles. The summed E-state index contributed by atoms with van der Waals surface area (Å²) >= 11 is 0. The molecular weight excluding hydrogens is 354 g/mol. The number of fused-ring (bicyclic) bond motifs is 1. The lowest BCUT2D eigenvalue weighted by molar-refractivity contribution is 0.171. The van der Waals surface area contributed by atoms with Gasteiger partial charge in [0.2, 0.25) is 12.5 Å². The summed E-state index contributed by atoms with van der Waals surface area (Å²) < 4.78 is 18.8. The monoisotopic (exact) mass is 383 g/mol. The Bertz CT molecular complexity index is 789. The summed E-state index contributed by atoms with van der Waals surface area (Å²) in [4.78, 5) is 6.70. The highest BCUT2D eigenvalue weighted by atomic mass is 16.7. The number of hydrogen-bond acceptors (Lipinski definition) is 5. The van der Waals surface area contributed by atoms with E-state index in [9.17, 15) is 0 Å². The van der Waals surface area contributed by atoms with Gasteiger partial charge < -0.3 is 18.8 Å². The Morgan fingerprint density at radius 1 is 1.29 bits per heavy atom. The minimum Gasteiger partial charge on any atom is -0.493 e. The molecule has 0 saturated heterocycles. The van der Waals surface area contributed by atoms with E-state index in [0.717, 1.165) is 55.8 Å². The molecule has 0 saturated carbocycles. The highest BCUT2D eigenvalue weighted by molar-refractivity contribution is 5.55. The molecule has 1 aliphatic heterocycles. The van der Waals surface area contributed by atoms with Crippen LogP contribution in [0.25, 0.3) is 0 Å². The van der Waals surface area contributed by atoms with Gasteiger partial charge in [0.05, 0.1) is 13.4 Å². The number of aromatic nitrogens is 2. The van der Waals surface area contributed by atoms with Gasteiger partial charge in [-0.1, -0.05) is 12.2 Å². The van der Waals surface area contributed by atoms with Gasteiger partial charge in [-0.3, -0.25) is 4.90 Å². The molecule has 6 heteroatoms. The maximum absolute atomic E-state index is 5.60. The molecule has 0 spiro atoms. The average molecular weight is 383 g/mol. The molecular formula is C22H29N3O3. The normalized spacial score (nSPS) is 18.0. The summed E-state index contributed by atoms with van der Waals surface area (Å²) in [6.07, 6.45) is 15.2. The van der Waals surface area contributed by atoms with Gasteiger partial charge in [0.15, 0.2) is 11.5 Å². The first kappa shape index (κ1) is 18.9. The van der Waals surface area contributed by atoms with Crippen molar-refractivity contribution in [2.24, 2.45) is 5.92 Å². The van der Waals surface area contributed by atoms with E-state index in [2.05, 4.69) is 38.7 Å². The van der Waals surface area contributed by atoms with Crippen LogP contribution in [0.4, 0.5) is 0 Å². The summed E-state index contributed by atoms with van der Waals surface area (Å²) in [5.74, 6) is 2.99. The second kappa shape index (κ2) is 9.15. The molecule has 1 atom stereocenters. The van der Waals surface area contributed by atoms with Crippen LogP contribution < -0.4 is 14.2 Å². The first-order chi connectivity index (χ1) is 13.8. The Balaban J connectivity index is 1.43. The van der Waals surface area contributed by atoms with Crippen LogP contribution in [0.15, 0.2) is 43.0 Å². The number of ether oxygens (including phenoxy) is 3. The van der Waals surface area contributed by atoms with Crippen molar-refractivity contribution in [1.29, 1.82) is 0 Å². The van der Waals surface area contributed by atoms with Gasteiger partial charge in [-0.25, -0.2) is 4.98 Å². The summed E-state index contributed by atoms with van der Waals surface area (Å²) in [6.45, 7) is 4.31. The van der Waals surface area contributed by atoms with E-state index in [1.54, 1.807) is 7.11 Å². The number of aryl methyl sites for hydroxylation is 1. The van der Waals surface area contributed by atoms with Gasteiger partial charge in [-0.15, -0.1) is 0 Å². The van der Waals surface area contributed by atoms with Gasteiger partial charge in [0.1, 0.15) is 0 Å². The Morgan fingerprint density at radius 2 is 2.25 bits per heavy atom. The Kier molecular flexibility index (Phi) is 6.17. The molecule has 2 aromatic rings. The van der Waals surface area contributed by atoms with Crippen LogP contribution in [0.1, 0.15) is 31.2 Å². The lowest BCUT2D eigenvalue weighted by atomic mass is 9.93. The van der Waals surface area contributed by atoms with Crippen molar-refractivity contribution in [2.75, 3.05) is 27.0 Å². The van der Waals surface area contributed by atoms with Gasteiger partial charge in [0.25, 0.3) is 0 Å². The number of rotatable bonds is 9. The summed E-state index contributed by atoms with van der Waals surface area (Å²) in [5, 5.41) is 0. The fraction of sp³-hybridized carbons (Fsp3) is 0.500. The summed E-state index contributed by atoms with van der Waals surface area (Å²) in [5.41, 5.74) is 1.20. The largest absolute Gasteiger partial charge is 0.493 e. The minimum absolute atomic E-state index is 0.262. The van der Waals surface area contributed by atoms with E-state index in [1.165, 1.54) is 24.8 Å². The lowest BCUT2D eigenvalue weighted by Gasteiger charge is -2.28. The molecule has 1 aromatic carbocycles. The first-order valence-electron chi connectivity index (χ1n) is 10.1. The zero-order valence-corrected chi connectivity index (χ0v) is 16.5. The molecule has 6 nitrogen and oxygen atoms in total. The third-order valence-electron chi connectivity index (χ3n) is 5.47. The topological polar surface area (TPSA) is 48.8 Å². The van der Waals surface area contributed by atoms with Crippen LogP contribution >= 0.6 is 0 Å². The average Bonchev–Trinajstić information content (AvgIpc) is 3.40. The molecule has 1 aliphatic carbocycles. The number of benzene rings is 1. The van der Waals surface area contributed by atoms with Crippen LogP contribution in [0.3, 0.4) is 0 Å². The van der Waals surface area contributed by atoms with Crippen LogP contribution in [0.5, 0.6) is 17.2 Å². The molecule has 28 heavy (non-hydrogen) atoms. The highest BCUT2D eigenvalue weighted by Gasteiger charge is 2.22. The molecule has 1 unspecified atom stereocenters. The fourth-order valence-electron chi connectivity index (χ4n) is 4.05. The molecule has 4 rings (SSSR count). The van der Waals surface area contributed by atoms with E-state index in [1.807, 2.05) is 18.7 Å². The predicted molar refractivity (Wildman–Crippen MR) is 108 cm³/mol. The van der Waals surface area contributed by atoms with E-state index in [4.69, 9.17) is 14.2 Å². The Morgan fingerprint density at radius 3 is 3.04 bits per heavy atom. The second-order valence-electron chi connectivity index (χ2n) is 7.57. The Labute approximate surface area is 166 Å². The highest BCUT2D eigenvalue weighted by Crippen LogP contribution is 2.42. The minimum atomic E-state index is 0.262. The fourth-order valence-corrected chi connectivity index (χ4v) is 4.05. The quantitative estimate of drug-likeness (QED) is 0.615. The first-order valence-corrected chi connectivity index (χ1v) is 10.1. The van der Waals surface area contributed by atoms with E-state index < -0.39 is 0 Å². The van der Waals surface area contributed by atoms with E-state index >= 15 is 0 Å². The van der Waals surface area contributed by atoms with Crippen molar-refractivity contribution in [3.05, 3.63) is 48.6 Å². The third-order valence-corrected chi connectivity index (χ3v) is 5.47. The number of nitrogens with zero attached hydrogens (tertiary/aromatic N) is 3. The molecule has 0 fully saturated rings. The molecule has 0 N–H and O–H groups in total. The second-order valence-corrected chi connectivity index (χ2v) is 7.57. The van der Waals surface area contributed by atoms with Crippen molar-refractivity contribution >= 4 is 0 Å². The SMILES string of the molecule is COc1cc(CN(CCCn2ccnc2)CC2CC=CCC2)cc2c1OCO2. The number of allylic oxidation sites excluding steroid dienone is 2. The zero-order chi connectivity index (χ0) is 19.2. The Hall–Kier alpha value is -2.47. The predicted octanol–water partition coefficient (Wildman–Crippen LogP) is 3.87.